The first-order chi connectivity index (χ1) is 14.4. The van der Waals surface area contributed by atoms with Crippen molar-refractivity contribution in [2.75, 3.05) is 19.0 Å². The lowest BCUT2D eigenvalue weighted by Crippen LogP contribution is -2.52. The lowest BCUT2D eigenvalue weighted by molar-refractivity contribution is -0.385. The molecule has 1 fully saturated rings. The van der Waals surface area contributed by atoms with Crippen LogP contribution >= 0.6 is 11.8 Å². The summed E-state index contributed by atoms with van der Waals surface area (Å²) in [7, 11) is 0. The number of nitro groups is 1. The van der Waals surface area contributed by atoms with Crippen LogP contribution in [0.4, 0.5) is 10.1 Å². The molecule has 4 rings (SSSR count). The second-order valence-corrected chi connectivity index (χ2v) is 8.50. The maximum atomic E-state index is 14.9. The molecule has 2 aliphatic rings. The Bertz CT molecular complexity index is 1020. The molecule has 0 saturated carbocycles. The quantitative estimate of drug-likeness (QED) is 0.593. The minimum atomic E-state index is -1.14. The van der Waals surface area contributed by atoms with E-state index in [-0.39, 0.29) is 35.6 Å². The lowest BCUT2D eigenvalue weighted by atomic mass is 9.72. The molecule has 0 aromatic heterocycles. The molecular formula is C21H20FN3O4S. The number of carbonyl (C=O) groups is 1. The van der Waals surface area contributed by atoms with Gasteiger partial charge in [-0.1, -0.05) is 36.9 Å². The number of halogens is 1. The number of rotatable bonds is 3. The van der Waals surface area contributed by atoms with Gasteiger partial charge in [0.1, 0.15) is 11.4 Å². The molecule has 0 radical (unpaired) electrons. The average molecular weight is 429 g/mol. The Kier molecular flexibility index (Phi) is 5.57. The maximum absolute atomic E-state index is 14.9. The molecule has 7 nitrogen and oxygen atoms in total. The van der Waals surface area contributed by atoms with Crippen molar-refractivity contribution in [3.63, 3.8) is 0 Å². The largest absolute Gasteiger partial charge is 0.378 e. The van der Waals surface area contributed by atoms with Gasteiger partial charge >= 0.3 is 0 Å². The van der Waals surface area contributed by atoms with E-state index in [1.807, 2.05) is 13.0 Å². The van der Waals surface area contributed by atoms with E-state index in [1.54, 1.807) is 24.3 Å². The summed E-state index contributed by atoms with van der Waals surface area (Å²) in [5.41, 5.74) is -0.744. The zero-order valence-corrected chi connectivity index (χ0v) is 17.0. The van der Waals surface area contributed by atoms with E-state index in [1.165, 1.54) is 17.8 Å². The Hall–Kier alpha value is -2.78. The fourth-order valence-electron chi connectivity index (χ4n) is 4.01. The molecule has 0 aliphatic carbocycles. The Morgan fingerprint density at radius 3 is 2.83 bits per heavy atom. The van der Waals surface area contributed by atoms with Crippen LogP contribution in [0.15, 0.2) is 53.5 Å². The van der Waals surface area contributed by atoms with Crippen LogP contribution in [-0.4, -0.2) is 35.0 Å². The number of hydrogen-bond donors (Lipinski definition) is 1. The predicted octanol–water partition coefficient (Wildman–Crippen LogP) is 3.74. The molecule has 2 aromatic rings. The van der Waals surface area contributed by atoms with Gasteiger partial charge in [-0.25, -0.2) is 9.38 Å². The van der Waals surface area contributed by atoms with E-state index in [0.717, 1.165) is 12.1 Å². The standard InChI is InChI=1S/C21H20FN3O4S/c1-13-10-29-12-21(16-9-15(25(27)28)7-8-18(16)22)17(13)11-30-20(24-21)23-19(26)14-5-3-2-4-6-14/h2-9,13,17H,10-12H2,1H3,(H,23,24,26)/t13-,17+,21+/m0/s1. The van der Waals surface area contributed by atoms with Crippen LogP contribution in [0.1, 0.15) is 22.8 Å². The van der Waals surface area contributed by atoms with Crippen LogP contribution in [0.3, 0.4) is 0 Å². The zero-order chi connectivity index (χ0) is 21.3. The van der Waals surface area contributed by atoms with Crippen LogP contribution < -0.4 is 5.32 Å². The van der Waals surface area contributed by atoms with Crippen molar-refractivity contribution in [3.8, 4) is 0 Å². The summed E-state index contributed by atoms with van der Waals surface area (Å²) in [6.07, 6.45) is 0. The van der Waals surface area contributed by atoms with Gasteiger partial charge in [-0.3, -0.25) is 14.9 Å². The van der Waals surface area contributed by atoms with Gasteiger partial charge in [-0.05, 0) is 24.1 Å². The highest BCUT2D eigenvalue weighted by Gasteiger charge is 2.50. The molecule has 2 aromatic carbocycles. The minimum Gasteiger partial charge on any atom is -0.378 e. The third-order valence-corrected chi connectivity index (χ3v) is 6.58. The first-order valence-corrected chi connectivity index (χ1v) is 10.5. The first kappa shape index (κ1) is 20.5. The summed E-state index contributed by atoms with van der Waals surface area (Å²) in [5.74, 6) is -0.335. The molecule has 2 heterocycles. The van der Waals surface area contributed by atoms with Crippen molar-refractivity contribution in [2.24, 2.45) is 16.8 Å². The van der Waals surface area contributed by atoms with Crippen LogP contribution in [0.2, 0.25) is 0 Å². The summed E-state index contributed by atoms with van der Waals surface area (Å²) >= 11 is 1.39. The summed E-state index contributed by atoms with van der Waals surface area (Å²) in [5, 5.41) is 14.4. The van der Waals surface area contributed by atoms with Crippen LogP contribution in [0, 0.1) is 27.8 Å². The number of thioether (sulfide) groups is 1. The number of benzene rings is 2. The van der Waals surface area contributed by atoms with Crippen molar-refractivity contribution in [1.29, 1.82) is 0 Å². The van der Waals surface area contributed by atoms with Gasteiger partial charge in [-0.2, -0.15) is 0 Å². The Morgan fingerprint density at radius 2 is 2.10 bits per heavy atom. The van der Waals surface area contributed by atoms with Gasteiger partial charge in [0.25, 0.3) is 11.6 Å². The van der Waals surface area contributed by atoms with Gasteiger partial charge in [0.2, 0.25) is 0 Å². The molecule has 1 saturated heterocycles. The highest BCUT2D eigenvalue weighted by molar-refractivity contribution is 8.13. The fourth-order valence-corrected chi connectivity index (χ4v) is 5.35. The monoisotopic (exact) mass is 429 g/mol. The molecular weight excluding hydrogens is 409 g/mol. The number of ether oxygens (including phenoxy) is 1. The van der Waals surface area contributed by atoms with Gasteiger partial charge in [0.05, 0.1) is 11.5 Å². The predicted molar refractivity (Wildman–Crippen MR) is 112 cm³/mol. The molecule has 0 unspecified atom stereocenters. The number of nitrogens with zero attached hydrogens (tertiary/aromatic N) is 2. The number of nitro benzene ring substituents is 1. The van der Waals surface area contributed by atoms with E-state index >= 15 is 0 Å². The van der Waals surface area contributed by atoms with Gasteiger partial charge in [0.15, 0.2) is 5.17 Å². The summed E-state index contributed by atoms with van der Waals surface area (Å²) in [6, 6.07) is 12.2. The van der Waals surface area contributed by atoms with E-state index in [2.05, 4.69) is 5.32 Å². The number of aliphatic imine (C=N–C) groups is 1. The number of non-ortho nitro benzene ring substituents is 1. The molecule has 1 amide bonds. The molecule has 3 atom stereocenters. The second-order valence-electron chi connectivity index (χ2n) is 7.49. The van der Waals surface area contributed by atoms with Crippen molar-refractivity contribution < 1.29 is 18.8 Å². The van der Waals surface area contributed by atoms with Crippen LogP contribution in [-0.2, 0) is 10.3 Å². The Labute approximate surface area is 176 Å². The lowest BCUT2D eigenvalue weighted by Gasteiger charge is -2.47. The summed E-state index contributed by atoms with van der Waals surface area (Å²) in [6.45, 7) is 2.59. The molecule has 156 valence electrons. The maximum Gasteiger partial charge on any atom is 0.270 e. The normalized spacial score (nSPS) is 25.7. The minimum absolute atomic E-state index is 0.0695. The molecule has 0 bridgehead atoms. The number of fused-ring (bicyclic) bond motifs is 1. The second kappa shape index (κ2) is 8.16. The first-order valence-electron chi connectivity index (χ1n) is 9.52. The van der Waals surface area contributed by atoms with E-state index in [0.29, 0.717) is 23.1 Å². The number of amidine groups is 1. The van der Waals surface area contributed by atoms with E-state index in [9.17, 15) is 19.3 Å². The third-order valence-electron chi connectivity index (χ3n) is 5.59. The van der Waals surface area contributed by atoms with Crippen molar-refractivity contribution in [1.82, 2.24) is 5.32 Å². The molecule has 9 heteroatoms. The molecule has 0 spiro atoms. The Morgan fingerprint density at radius 1 is 1.33 bits per heavy atom. The number of amides is 1. The smallest absolute Gasteiger partial charge is 0.270 e. The van der Waals surface area contributed by atoms with Crippen molar-refractivity contribution in [3.05, 3.63) is 75.6 Å². The summed E-state index contributed by atoms with van der Waals surface area (Å²) < 4.78 is 20.7. The molecule has 2 aliphatic heterocycles. The van der Waals surface area contributed by atoms with Crippen molar-refractivity contribution >= 4 is 28.5 Å². The Balaban J connectivity index is 1.77. The topological polar surface area (TPSA) is 93.8 Å². The highest BCUT2D eigenvalue weighted by atomic mass is 32.2. The number of carbonyl (C=O) groups excluding carboxylic acids is 1. The highest BCUT2D eigenvalue weighted by Crippen LogP contribution is 2.48. The molecule has 1 N–H and O–H groups in total. The zero-order valence-electron chi connectivity index (χ0n) is 16.2. The number of hydrogen-bond acceptors (Lipinski definition) is 6. The van der Waals surface area contributed by atoms with Crippen LogP contribution in [0.5, 0.6) is 0 Å². The van der Waals surface area contributed by atoms with Crippen molar-refractivity contribution in [2.45, 2.75) is 12.5 Å². The van der Waals surface area contributed by atoms with Crippen LogP contribution in [0.25, 0.3) is 0 Å². The average Bonchev–Trinajstić information content (AvgIpc) is 2.74. The molecule has 30 heavy (non-hydrogen) atoms. The van der Waals surface area contributed by atoms with Gasteiger partial charge in [-0.15, -0.1) is 0 Å². The fraction of sp³-hybridized carbons (Fsp3) is 0.333. The SMILES string of the molecule is C[C@H]1COC[C@]2(c3cc([N+](=O)[O-])ccc3F)N=C(NC(=O)c3ccccc3)SC[C@H]12. The third kappa shape index (κ3) is 3.70. The van der Waals surface area contributed by atoms with Gasteiger partial charge < -0.3 is 10.1 Å². The number of nitrogens with one attached hydrogen (secondary N) is 1. The van der Waals surface area contributed by atoms with E-state index in [4.69, 9.17) is 9.73 Å². The summed E-state index contributed by atoms with van der Waals surface area (Å²) in [4.78, 5) is 28.1. The van der Waals surface area contributed by atoms with E-state index < -0.39 is 16.3 Å². The van der Waals surface area contributed by atoms with Gasteiger partial charge in [0, 0.05) is 41.5 Å².